The van der Waals surface area contributed by atoms with Gasteiger partial charge in [0.05, 0.1) is 10.2 Å². The summed E-state index contributed by atoms with van der Waals surface area (Å²) < 4.78 is 1.24. The number of aromatic nitrogens is 1. The van der Waals surface area contributed by atoms with Crippen molar-refractivity contribution in [3.8, 4) is 0 Å². The van der Waals surface area contributed by atoms with Crippen LogP contribution in [-0.2, 0) is 0 Å². The monoisotopic (exact) mass is 247 g/mol. The molecule has 0 saturated heterocycles. The second-order valence-electron chi connectivity index (χ2n) is 4.69. The third kappa shape index (κ3) is 2.28. The maximum atomic E-state index is 6.14. The Morgan fingerprint density at radius 3 is 2.88 bits per heavy atom. The SMILES string of the molecule is N[C@@H]1CCCC[C@@H]1Nc1nc2ccccc2s1. The summed E-state index contributed by atoms with van der Waals surface area (Å²) in [6.07, 6.45) is 4.83. The molecule has 2 atom stereocenters. The van der Waals surface area contributed by atoms with Crippen molar-refractivity contribution in [3.63, 3.8) is 0 Å². The van der Waals surface area contributed by atoms with Crippen LogP contribution in [0, 0.1) is 0 Å². The normalized spacial score (nSPS) is 25.0. The van der Waals surface area contributed by atoms with Crippen molar-refractivity contribution in [1.82, 2.24) is 4.98 Å². The zero-order valence-corrected chi connectivity index (χ0v) is 10.5. The molecule has 90 valence electrons. The molecule has 4 heteroatoms. The first-order valence-electron chi connectivity index (χ1n) is 6.20. The molecule has 3 N–H and O–H groups in total. The Bertz CT molecular complexity index is 475. The highest BCUT2D eigenvalue weighted by molar-refractivity contribution is 7.22. The van der Waals surface area contributed by atoms with Gasteiger partial charge in [-0.3, -0.25) is 0 Å². The molecule has 1 aromatic heterocycles. The van der Waals surface area contributed by atoms with Crippen LogP contribution in [0.1, 0.15) is 25.7 Å². The lowest BCUT2D eigenvalue weighted by Gasteiger charge is -2.28. The molecule has 1 saturated carbocycles. The van der Waals surface area contributed by atoms with E-state index < -0.39 is 0 Å². The van der Waals surface area contributed by atoms with E-state index in [0.717, 1.165) is 23.5 Å². The van der Waals surface area contributed by atoms with E-state index in [-0.39, 0.29) is 6.04 Å². The first-order chi connectivity index (χ1) is 8.33. The van der Waals surface area contributed by atoms with Crippen LogP contribution in [0.4, 0.5) is 5.13 Å². The van der Waals surface area contributed by atoms with Crippen LogP contribution in [0.5, 0.6) is 0 Å². The van der Waals surface area contributed by atoms with Gasteiger partial charge in [0.1, 0.15) is 0 Å². The Kier molecular flexibility index (Phi) is 2.99. The molecular weight excluding hydrogens is 230 g/mol. The molecule has 0 bridgehead atoms. The molecule has 3 nitrogen and oxygen atoms in total. The number of para-hydroxylation sites is 1. The third-order valence-electron chi connectivity index (χ3n) is 3.42. The Morgan fingerprint density at radius 2 is 2.06 bits per heavy atom. The van der Waals surface area contributed by atoms with Crippen molar-refractivity contribution in [1.29, 1.82) is 0 Å². The zero-order chi connectivity index (χ0) is 11.7. The summed E-state index contributed by atoms with van der Waals surface area (Å²) in [5.41, 5.74) is 7.21. The first-order valence-corrected chi connectivity index (χ1v) is 7.02. The van der Waals surface area contributed by atoms with E-state index in [1.807, 2.05) is 6.07 Å². The molecule has 0 amide bonds. The van der Waals surface area contributed by atoms with E-state index in [1.54, 1.807) is 11.3 Å². The largest absolute Gasteiger partial charge is 0.357 e. The van der Waals surface area contributed by atoms with Gasteiger partial charge >= 0.3 is 0 Å². The van der Waals surface area contributed by atoms with Crippen LogP contribution < -0.4 is 11.1 Å². The van der Waals surface area contributed by atoms with E-state index in [4.69, 9.17) is 5.73 Å². The summed E-state index contributed by atoms with van der Waals surface area (Å²) >= 11 is 1.72. The number of rotatable bonds is 2. The van der Waals surface area contributed by atoms with Crippen LogP contribution in [0.15, 0.2) is 24.3 Å². The molecule has 1 aromatic carbocycles. The molecule has 0 aliphatic heterocycles. The fourth-order valence-corrected chi connectivity index (χ4v) is 3.36. The van der Waals surface area contributed by atoms with Gasteiger partial charge in [0.15, 0.2) is 5.13 Å². The second kappa shape index (κ2) is 4.63. The van der Waals surface area contributed by atoms with Crippen molar-refractivity contribution in [3.05, 3.63) is 24.3 Å². The quantitative estimate of drug-likeness (QED) is 0.857. The highest BCUT2D eigenvalue weighted by Gasteiger charge is 2.22. The fourth-order valence-electron chi connectivity index (χ4n) is 2.43. The lowest BCUT2D eigenvalue weighted by molar-refractivity contribution is 0.404. The summed E-state index contributed by atoms with van der Waals surface area (Å²) in [6.45, 7) is 0. The molecule has 0 spiro atoms. The van der Waals surface area contributed by atoms with E-state index in [1.165, 1.54) is 17.5 Å². The number of hydrogen-bond acceptors (Lipinski definition) is 4. The average Bonchev–Trinajstić information content (AvgIpc) is 2.74. The molecule has 1 aliphatic carbocycles. The first kappa shape index (κ1) is 11.0. The highest BCUT2D eigenvalue weighted by Crippen LogP contribution is 2.28. The minimum Gasteiger partial charge on any atom is -0.357 e. The van der Waals surface area contributed by atoms with Crippen LogP contribution in [0.2, 0.25) is 0 Å². The number of hydrogen-bond donors (Lipinski definition) is 2. The topological polar surface area (TPSA) is 50.9 Å². The third-order valence-corrected chi connectivity index (χ3v) is 4.39. The van der Waals surface area contributed by atoms with Crippen molar-refractivity contribution >= 4 is 26.7 Å². The van der Waals surface area contributed by atoms with E-state index in [9.17, 15) is 0 Å². The van der Waals surface area contributed by atoms with Gasteiger partial charge in [-0.25, -0.2) is 4.98 Å². The summed E-state index contributed by atoms with van der Waals surface area (Å²) in [4.78, 5) is 4.59. The van der Waals surface area contributed by atoms with Gasteiger partial charge in [-0.2, -0.15) is 0 Å². The molecule has 1 heterocycles. The molecule has 17 heavy (non-hydrogen) atoms. The van der Waals surface area contributed by atoms with Gasteiger partial charge in [0.25, 0.3) is 0 Å². The van der Waals surface area contributed by atoms with Crippen LogP contribution >= 0.6 is 11.3 Å². The molecule has 3 rings (SSSR count). The predicted molar refractivity (Wildman–Crippen MR) is 73.5 cm³/mol. The summed E-state index contributed by atoms with van der Waals surface area (Å²) in [6, 6.07) is 8.91. The number of thiazole rings is 1. The van der Waals surface area contributed by atoms with Crippen LogP contribution in [-0.4, -0.2) is 17.1 Å². The molecule has 0 unspecified atom stereocenters. The fraction of sp³-hybridized carbons (Fsp3) is 0.462. The van der Waals surface area contributed by atoms with E-state index >= 15 is 0 Å². The number of nitrogens with two attached hydrogens (primary N) is 1. The minimum absolute atomic E-state index is 0.274. The van der Waals surface area contributed by atoms with Gasteiger partial charge in [0, 0.05) is 12.1 Å². The maximum Gasteiger partial charge on any atom is 0.184 e. The molecular formula is C13H17N3S. The number of fused-ring (bicyclic) bond motifs is 1. The number of anilines is 1. The molecule has 1 aliphatic rings. The molecule has 2 aromatic rings. The standard InChI is InChI=1S/C13H17N3S/c14-9-5-1-2-6-10(9)15-13-16-11-7-3-4-8-12(11)17-13/h3-4,7-10H,1-2,5-6,14H2,(H,15,16)/t9-,10+/m1/s1. The number of nitrogens with one attached hydrogen (secondary N) is 1. The summed E-state index contributed by atoms with van der Waals surface area (Å²) in [5.74, 6) is 0. The van der Waals surface area contributed by atoms with Gasteiger partial charge in [-0.05, 0) is 25.0 Å². The van der Waals surface area contributed by atoms with Gasteiger partial charge in [0.2, 0.25) is 0 Å². The Hall–Kier alpha value is -1.13. The predicted octanol–water partition coefficient (Wildman–Crippen LogP) is 2.98. The lowest BCUT2D eigenvalue weighted by Crippen LogP contribution is -2.42. The number of nitrogens with zero attached hydrogens (tertiary/aromatic N) is 1. The smallest absolute Gasteiger partial charge is 0.184 e. The van der Waals surface area contributed by atoms with Crippen molar-refractivity contribution in [2.24, 2.45) is 5.73 Å². The Morgan fingerprint density at radius 1 is 1.24 bits per heavy atom. The lowest BCUT2D eigenvalue weighted by atomic mass is 9.91. The zero-order valence-electron chi connectivity index (χ0n) is 9.73. The molecule has 1 fully saturated rings. The maximum absolute atomic E-state index is 6.14. The Balaban J connectivity index is 1.79. The summed E-state index contributed by atoms with van der Waals surface area (Å²) in [5, 5.41) is 4.51. The highest BCUT2D eigenvalue weighted by atomic mass is 32.1. The average molecular weight is 247 g/mol. The Labute approximate surface area is 105 Å². The van der Waals surface area contributed by atoms with Crippen molar-refractivity contribution in [2.45, 2.75) is 37.8 Å². The minimum atomic E-state index is 0.274. The van der Waals surface area contributed by atoms with Gasteiger partial charge in [-0.1, -0.05) is 36.3 Å². The second-order valence-corrected chi connectivity index (χ2v) is 5.72. The van der Waals surface area contributed by atoms with E-state index in [2.05, 4.69) is 28.5 Å². The van der Waals surface area contributed by atoms with Crippen molar-refractivity contribution in [2.75, 3.05) is 5.32 Å². The van der Waals surface area contributed by atoms with Crippen LogP contribution in [0.25, 0.3) is 10.2 Å². The van der Waals surface area contributed by atoms with E-state index in [0.29, 0.717) is 6.04 Å². The van der Waals surface area contributed by atoms with Gasteiger partial charge < -0.3 is 11.1 Å². The molecule has 0 radical (unpaired) electrons. The number of benzene rings is 1. The summed E-state index contributed by atoms with van der Waals surface area (Å²) in [7, 11) is 0. The van der Waals surface area contributed by atoms with Gasteiger partial charge in [-0.15, -0.1) is 0 Å². The van der Waals surface area contributed by atoms with Crippen LogP contribution in [0.3, 0.4) is 0 Å². The van der Waals surface area contributed by atoms with Crippen molar-refractivity contribution < 1.29 is 0 Å².